The molecule has 0 aliphatic carbocycles. The minimum Gasteiger partial charge on any atom is -0.340 e. The lowest BCUT2D eigenvalue weighted by Crippen LogP contribution is -2.38. The summed E-state index contributed by atoms with van der Waals surface area (Å²) in [7, 11) is 0. The molecule has 0 bridgehead atoms. The zero-order chi connectivity index (χ0) is 17.2. The van der Waals surface area contributed by atoms with E-state index in [0.717, 1.165) is 41.3 Å². The Kier molecular flexibility index (Phi) is 6.08. The van der Waals surface area contributed by atoms with Crippen LogP contribution in [0, 0.1) is 0 Å². The van der Waals surface area contributed by atoms with Gasteiger partial charge in [0.2, 0.25) is 5.91 Å². The zero-order valence-electron chi connectivity index (χ0n) is 14.0. The van der Waals surface area contributed by atoms with Crippen molar-refractivity contribution >= 4 is 51.2 Å². The van der Waals surface area contributed by atoms with Crippen LogP contribution in [0.3, 0.4) is 0 Å². The van der Waals surface area contributed by atoms with Crippen molar-refractivity contribution in [3.05, 3.63) is 39.6 Å². The Balaban J connectivity index is 0.00000196. The second-order valence-electron chi connectivity index (χ2n) is 5.97. The summed E-state index contributed by atoms with van der Waals surface area (Å²) in [6.45, 7) is 3.18. The largest absolute Gasteiger partial charge is 0.340 e. The molecule has 4 heterocycles. The molecule has 1 aliphatic rings. The van der Waals surface area contributed by atoms with Crippen molar-refractivity contribution in [1.29, 1.82) is 0 Å². The Morgan fingerprint density at radius 2 is 2.15 bits per heavy atom. The lowest BCUT2D eigenvalue weighted by molar-refractivity contribution is -0.131. The first-order valence-corrected chi connectivity index (χ1v) is 9.99. The molecule has 1 amide bonds. The fraction of sp³-hybridized carbons (Fsp3) is 0.353. The van der Waals surface area contributed by atoms with E-state index in [-0.39, 0.29) is 30.4 Å². The molecule has 3 aromatic heterocycles. The molecule has 0 spiro atoms. The topological polar surface area (TPSA) is 67.2 Å². The number of hydrogen-bond donors (Lipinski definition) is 1. The molecule has 26 heavy (non-hydrogen) atoms. The predicted molar refractivity (Wildman–Crippen MR) is 109 cm³/mol. The fourth-order valence-electron chi connectivity index (χ4n) is 3.03. The maximum Gasteiger partial charge on any atom is 0.263 e. The van der Waals surface area contributed by atoms with Crippen molar-refractivity contribution in [3.63, 3.8) is 0 Å². The molecule has 0 radical (unpaired) electrons. The van der Waals surface area contributed by atoms with Gasteiger partial charge in [0.25, 0.3) is 5.56 Å². The summed E-state index contributed by atoms with van der Waals surface area (Å²) < 4.78 is 1.44. The number of halogens is 1. The highest BCUT2D eigenvalue weighted by atomic mass is 35.5. The van der Waals surface area contributed by atoms with Crippen molar-refractivity contribution in [2.75, 3.05) is 26.2 Å². The molecule has 1 N–H and O–H groups in total. The second-order valence-corrected chi connectivity index (χ2v) is 7.77. The SMILES string of the molecule is Cl.O=C(Cn1cnc2scc(-c3cccs3)c2c1=O)N1CCCNCC1. The van der Waals surface area contributed by atoms with Gasteiger partial charge in [-0.15, -0.1) is 35.1 Å². The van der Waals surface area contributed by atoms with E-state index in [9.17, 15) is 9.59 Å². The van der Waals surface area contributed by atoms with Gasteiger partial charge in [0.1, 0.15) is 11.4 Å². The first-order chi connectivity index (χ1) is 12.2. The number of carbonyl (C=O) groups excluding carboxylic acids is 1. The molecule has 0 unspecified atom stereocenters. The van der Waals surface area contributed by atoms with E-state index in [1.165, 1.54) is 22.2 Å². The van der Waals surface area contributed by atoms with Crippen LogP contribution >= 0.6 is 35.1 Å². The highest BCUT2D eigenvalue weighted by Gasteiger charge is 2.18. The van der Waals surface area contributed by atoms with Crippen LogP contribution in [-0.2, 0) is 11.3 Å². The number of fused-ring (bicyclic) bond motifs is 1. The molecule has 6 nitrogen and oxygen atoms in total. The maximum absolute atomic E-state index is 12.9. The molecular formula is C17H19ClN4O2S2. The highest BCUT2D eigenvalue weighted by molar-refractivity contribution is 7.18. The van der Waals surface area contributed by atoms with E-state index >= 15 is 0 Å². The third kappa shape index (κ3) is 3.68. The Bertz CT molecular complexity index is 943. The molecular weight excluding hydrogens is 392 g/mol. The van der Waals surface area contributed by atoms with Crippen LogP contribution in [0.1, 0.15) is 6.42 Å². The smallest absolute Gasteiger partial charge is 0.263 e. The van der Waals surface area contributed by atoms with Crippen molar-refractivity contribution < 1.29 is 4.79 Å². The summed E-state index contributed by atoms with van der Waals surface area (Å²) >= 11 is 3.06. The fourth-order valence-corrected chi connectivity index (χ4v) is 4.76. The number of aromatic nitrogens is 2. The average Bonchev–Trinajstić information content (AvgIpc) is 3.20. The summed E-state index contributed by atoms with van der Waals surface area (Å²) in [5, 5.41) is 7.85. The summed E-state index contributed by atoms with van der Waals surface area (Å²) in [6.07, 6.45) is 2.43. The van der Waals surface area contributed by atoms with Crippen molar-refractivity contribution in [1.82, 2.24) is 19.8 Å². The van der Waals surface area contributed by atoms with Gasteiger partial charge in [-0.1, -0.05) is 6.07 Å². The second kappa shape index (κ2) is 8.30. The number of carbonyl (C=O) groups is 1. The third-order valence-corrected chi connectivity index (χ3v) is 6.14. The number of rotatable bonds is 3. The summed E-state index contributed by atoms with van der Waals surface area (Å²) in [5.41, 5.74) is 0.768. The van der Waals surface area contributed by atoms with E-state index in [2.05, 4.69) is 10.3 Å². The van der Waals surface area contributed by atoms with Gasteiger partial charge in [-0.2, -0.15) is 0 Å². The molecule has 0 aromatic carbocycles. The minimum absolute atomic E-state index is 0. The van der Waals surface area contributed by atoms with Crippen LogP contribution in [0.5, 0.6) is 0 Å². The van der Waals surface area contributed by atoms with Crippen LogP contribution in [0.4, 0.5) is 0 Å². The van der Waals surface area contributed by atoms with Gasteiger partial charge < -0.3 is 10.2 Å². The summed E-state index contributed by atoms with van der Waals surface area (Å²) in [5.74, 6) is -0.0279. The Morgan fingerprint density at radius 1 is 1.27 bits per heavy atom. The van der Waals surface area contributed by atoms with Crippen molar-refractivity contribution in [2.24, 2.45) is 0 Å². The maximum atomic E-state index is 12.9. The first-order valence-electron chi connectivity index (χ1n) is 8.23. The third-order valence-electron chi connectivity index (χ3n) is 4.35. The Labute approximate surface area is 164 Å². The van der Waals surface area contributed by atoms with Crippen LogP contribution < -0.4 is 10.9 Å². The molecule has 1 aliphatic heterocycles. The normalized spacial score (nSPS) is 14.8. The number of amides is 1. The van der Waals surface area contributed by atoms with Gasteiger partial charge in [0.05, 0.1) is 11.7 Å². The molecule has 138 valence electrons. The van der Waals surface area contributed by atoms with Gasteiger partial charge in [-0.05, 0) is 24.4 Å². The number of thiophene rings is 2. The van der Waals surface area contributed by atoms with Crippen LogP contribution in [0.15, 0.2) is 34.0 Å². The first kappa shape index (κ1) is 19.0. The zero-order valence-corrected chi connectivity index (χ0v) is 16.5. The lowest BCUT2D eigenvalue weighted by Gasteiger charge is -2.20. The van der Waals surface area contributed by atoms with E-state index in [0.29, 0.717) is 11.9 Å². The van der Waals surface area contributed by atoms with Crippen LogP contribution in [-0.4, -0.2) is 46.5 Å². The van der Waals surface area contributed by atoms with Gasteiger partial charge in [0.15, 0.2) is 0 Å². The Hall–Kier alpha value is -1.74. The lowest BCUT2D eigenvalue weighted by atomic mass is 10.2. The molecule has 4 rings (SSSR count). The molecule has 1 saturated heterocycles. The van der Waals surface area contributed by atoms with Crippen LogP contribution in [0.2, 0.25) is 0 Å². The molecule has 0 atom stereocenters. The van der Waals surface area contributed by atoms with Crippen molar-refractivity contribution in [3.8, 4) is 10.4 Å². The number of nitrogens with zero attached hydrogens (tertiary/aromatic N) is 3. The van der Waals surface area contributed by atoms with E-state index in [4.69, 9.17) is 0 Å². The Morgan fingerprint density at radius 3 is 2.96 bits per heavy atom. The van der Waals surface area contributed by atoms with E-state index in [1.807, 2.05) is 27.8 Å². The standard InChI is InChI=1S/C17H18N4O2S2.ClH/c22-14(20-6-2-4-18-5-7-20)9-21-11-19-16-15(17(21)23)12(10-25-16)13-3-1-8-24-13;/h1,3,8,10-11,18H,2,4-7,9H2;1H. The van der Waals surface area contributed by atoms with E-state index < -0.39 is 0 Å². The summed E-state index contributed by atoms with van der Waals surface area (Å²) in [6, 6.07) is 3.97. The molecule has 3 aromatic rings. The number of hydrogen-bond acceptors (Lipinski definition) is 6. The summed E-state index contributed by atoms with van der Waals surface area (Å²) in [4.78, 5) is 33.5. The van der Waals surface area contributed by atoms with Crippen molar-refractivity contribution in [2.45, 2.75) is 13.0 Å². The van der Waals surface area contributed by atoms with Gasteiger partial charge in [0, 0.05) is 35.5 Å². The highest BCUT2D eigenvalue weighted by Crippen LogP contribution is 2.33. The quantitative estimate of drug-likeness (QED) is 0.720. The average molecular weight is 411 g/mol. The van der Waals surface area contributed by atoms with Gasteiger partial charge >= 0.3 is 0 Å². The van der Waals surface area contributed by atoms with Crippen LogP contribution in [0.25, 0.3) is 20.7 Å². The van der Waals surface area contributed by atoms with Gasteiger partial charge in [-0.3, -0.25) is 14.2 Å². The number of nitrogens with one attached hydrogen (secondary N) is 1. The molecule has 9 heteroatoms. The molecule has 0 saturated carbocycles. The van der Waals surface area contributed by atoms with Gasteiger partial charge in [-0.25, -0.2) is 4.98 Å². The predicted octanol–water partition coefficient (Wildman–Crippen LogP) is 2.43. The van der Waals surface area contributed by atoms with E-state index in [1.54, 1.807) is 11.3 Å². The molecule has 1 fully saturated rings. The minimum atomic E-state index is -0.143. The monoisotopic (exact) mass is 410 g/mol.